The van der Waals surface area contributed by atoms with Crippen LogP contribution in [0.3, 0.4) is 0 Å². The van der Waals surface area contributed by atoms with E-state index in [9.17, 15) is 32.7 Å². The number of aromatic hydroxyl groups is 1. The standard InChI is InChI=1S/C34H42ClF3N6O5S/c1-40-16-25-15-24(40)17-44(25)23-3-7-41(8-4-23)31(46)29(14-20-12-26(34(36,37)38)30(45)27(35)13-20)49-33(48)42-9-5-22(6-10-42)43-11-2-21-18-50-19-28(21)39-32(43)47/h12-13,18-19,22-25,29,45H,2-11,14-17H2,1H3,(H,39,47)/t24?,25?,29-/m1/s1. The van der Waals surface area contributed by atoms with E-state index in [4.69, 9.17) is 16.3 Å². The normalized spacial score (nSPS) is 24.7. The zero-order chi connectivity index (χ0) is 35.3. The number of halogens is 4. The van der Waals surface area contributed by atoms with Gasteiger partial charge in [-0.1, -0.05) is 11.6 Å². The number of alkyl halides is 3. The number of carbonyl (C=O) groups excluding carboxylic acids is 3. The third-order valence-electron chi connectivity index (χ3n) is 11.2. The van der Waals surface area contributed by atoms with Crippen molar-refractivity contribution in [3.63, 3.8) is 0 Å². The van der Waals surface area contributed by atoms with Gasteiger partial charge in [0.1, 0.15) is 5.75 Å². The molecule has 6 heterocycles. The maximum Gasteiger partial charge on any atom is 0.420 e. The lowest BCUT2D eigenvalue weighted by molar-refractivity contribution is -0.142. The second-order valence-electron chi connectivity index (χ2n) is 14.2. The summed E-state index contributed by atoms with van der Waals surface area (Å²) in [6, 6.07) is 3.07. The van der Waals surface area contributed by atoms with Crippen LogP contribution in [0.4, 0.5) is 28.4 Å². The van der Waals surface area contributed by atoms with Crippen molar-refractivity contribution >= 4 is 46.7 Å². The number of rotatable bonds is 6. The quantitative estimate of drug-likeness (QED) is 0.425. The van der Waals surface area contributed by atoms with Gasteiger partial charge in [-0.2, -0.15) is 13.2 Å². The molecule has 4 fully saturated rings. The molecule has 1 aromatic carbocycles. The van der Waals surface area contributed by atoms with Gasteiger partial charge in [0.05, 0.1) is 16.3 Å². The first-order valence-corrected chi connectivity index (χ1v) is 18.6. The Morgan fingerprint density at radius 1 is 1.00 bits per heavy atom. The molecule has 4 saturated heterocycles. The molecule has 5 aliphatic rings. The molecule has 0 saturated carbocycles. The van der Waals surface area contributed by atoms with Gasteiger partial charge >= 0.3 is 18.3 Å². The van der Waals surface area contributed by atoms with E-state index in [2.05, 4.69) is 22.2 Å². The number of hydrogen-bond acceptors (Lipinski definition) is 8. The molecule has 0 radical (unpaired) electrons. The molecule has 4 amide bonds. The summed E-state index contributed by atoms with van der Waals surface area (Å²) in [6.07, 6.45) is -2.94. The Morgan fingerprint density at radius 3 is 2.36 bits per heavy atom. The van der Waals surface area contributed by atoms with E-state index in [0.717, 1.165) is 56.1 Å². The van der Waals surface area contributed by atoms with Crippen LogP contribution >= 0.6 is 22.9 Å². The molecule has 1 aromatic heterocycles. The predicted octanol–water partition coefficient (Wildman–Crippen LogP) is 5.11. The first-order chi connectivity index (χ1) is 23.9. The van der Waals surface area contributed by atoms with Crippen molar-refractivity contribution in [1.82, 2.24) is 24.5 Å². The third kappa shape index (κ3) is 7.10. The average Bonchev–Trinajstić information content (AvgIpc) is 3.79. The Labute approximate surface area is 297 Å². The number of amides is 4. The number of nitrogens with one attached hydrogen (secondary N) is 1. The first-order valence-electron chi connectivity index (χ1n) is 17.3. The Bertz CT molecular complexity index is 1610. The highest BCUT2D eigenvalue weighted by Gasteiger charge is 2.45. The van der Waals surface area contributed by atoms with Crippen LogP contribution in [0.1, 0.15) is 48.8 Å². The van der Waals surface area contributed by atoms with E-state index in [1.807, 2.05) is 15.7 Å². The van der Waals surface area contributed by atoms with E-state index < -0.39 is 40.6 Å². The summed E-state index contributed by atoms with van der Waals surface area (Å²) in [4.78, 5) is 50.4. The number of nitrogens with zero attached hydrogens (tertiary/aromatic N) is 5. The van der Waals surface area contributed by atoms with Gasteiger partial charge in [0.15, 0.2) is 6.10 Å². The van der Waals surface area contributed by atoms with E-state index >= 15 is 0 Å². The number of hydrogen-bond donors (Lipinski definition) is 2. The Balaban J connectivity index is 1.02. The zero-order valence-electron chi connectivity index (χ0n) is 27.8. The molecule has 0 spiro atoms. The number of piperazine rings is 1. The molecule has 0 aliphatic carbocycles. The molecule has 16 heteroatoms. The highest BCUT2D eigenvalue weighted by atomic mass is 35.5. The lowest BCUT2D eigenvalue weighted by Gasteiger charge is -2.42. The second-order valence-corrected chi connectivity index (χ2v) is 15.3. The van der Waals surface area contributed by atoms with Crippen molar-refractivity contribution in [1.29, 1.82) is 0 Å². The Hall–Kier alpha value is -3.27. The number of carbonyl (C=O) groups is 3. The van der Waals surface area contributed by atoms with Gasteiger partial charge in [0.25, 0.3) is 5.91 Å². The van der Waals surface area contributed by atoms with Crippen LogP contribution in [-0.4, -0.2) is 131 Å². The molecule has 3 atom stereocenters. The number of piperidine rings is 2. The van der Waals surface area contributed by atoms with E-state index in [0.29, 0.717) is 50.6 Å². The number of phenols is 1. The Morgan fingerprint density at radius 2 is 1.70 bits per heavy atom. The second kappa shape index (κ2) is 14.0. The summed E-state index contributed by atoms with van der Waals surface area (Å²) >= 11 is 7.54. The van der Waals surface area contributed by atoms with Crippen LogP contribution in [0, 0.1) is 0 Å². The average molecular weight is 739 g/mol. The molecule has 2 bridgehead atoms. The maximum absolute atomic E-state index is 14.0. The molecule has 2 N–H and O–H groups in total. The molecule has 5 aliphatic heterocycles. The van der Waals surface area contributed by atoms with Gasteiger partial charge in [-0.05, 0) is 74.2 Å². The number of phenolic OH excluding ortho intramolecular Hbond substituents is 1. The van der Waals surface area contributed by atoms with Crippen molar-refractivity contribution in [2.75, 3.05) is 58.2 Å². The largest absolute Gasteiger partial charge is 0.506 e. The van der Waals surface area contributed by atoms with Crippen molar-refractivity contribution in [3.8, 4) is 5.75 Å². The maximum atomic E-state index is 14.0. The number of fused-ring (bicyclic) bond motifs is 3. The minimum Gasteiger partial charge on any atom is -0.506 e. The van der Waals surface area contributed by atoms with Crippen LogP contribution in [0.5, 0.6) is 5.75 Å². The molecule has 2 aromatic rings. The van der Waals surface area contributed by atoms with Gasteiger partial charge in [0, 0.05) is 81.8 Å². The molecular formula is C34H42ClF3N6O5S. The number of urea groups is 1. The lowest BCUT2D eigenvalue weighted by Crippen LogP contribution is -2.55. The van der Waals surface area contributed by atoms with Crippen LogP contribution in [-0.2, 0) is 28.5 Å². The number of anilines is 1. The molecule has 2 unspecified atom stereocenters. The lowest BCUT2D eigenvalue weighted by atomic mass is 9.99. The van der Waals surface area contributed by atoms with Crippen molar-refractivity contribution in [2.45, 2.75) is 81.4 Å². The van der Waals surface area contributed by atoms with Crippen LogP contribution in [0.15, 0.2) is 22.9 Å². The molecule has 7 rings (SSSR count). The zero-order valence-corrected chi connectivity index (χ0v) is 29.4. The summed E-state index contributed by atoms with van der Waals surface area (Å²) in [5.41, 5.74) is 0.618. The van der Waals surface area contributed by atoms with Crippen molar-refractivity contribution in [2.24, 2.45) is 0 Å². The first kappa shape index (κ1) is 35.1. The summed E-state index contributed by atoms with van der Waals surface area (Å²) in [5, 5.41) is 16.4. The number of likely N-dealkylation sites (tertiary alicyclic amines) is 4. The summed E-state index contributed by atoms with van der Waals surface area (Å²) in [7, 11) is 2.15. The van der Waals surface area contributed by atoms with E-state index in [-0.39, 0.29) is 37.1 Å². The summed E-state index contributed by atoms with van der Waals surface area (Å²) in [5.74, 6) is -1.57. The molecule has 50 heavy (non-hydrogen) atoms. The molecule has 11 nitrogen and oxygen atoms in total. The molecular weight excluding hydrogens is 697 g/mol. The summed E-state index contributed by atoms with van der Waals surface area (Å²) in [6.45, 7) is 4.08. The van der Waals surface area contributed by atoms with Crippen molar-refractivity contribution in [3.05, 3.63) is 44.6 Å². The fourth-order valence-electron chi connectivity index (χ4n) is 8.41. The minimum atomic E-state index is -4.88. The highest BCUT2D eigenvalue weighted by Crippen LogP contribution is 2.41. The summed E-state index contributed by atoms with van der Waals surface area (Å²) < 4.78 is 47.0. The fraction of sp³-hybridized carbons (Fsp3) is 0.618. The SMILES string of the molecule is CN1CC2CC1CN2C1CCN(C(=O)[C@@H](Cc2cc(Cl)c(O)c(C(F)(F)F)c2)OC(=O)N2CCC(N3CCc4cscc4NC3=O)CC2)CC1. The molecule has 272 valence electrons. The van der Waals surface area contributed by atoms with Gasteiger partial charge < -0.3 is 34.8 Å². The number of thiophene rings is 1. The minimum absolute atomic E-state index is 0.0117. The van der Waals surface area contributed by atoms with E-state index in [1.54, 1.807) is 16.2 Å². The van der Waals surface area contributed by atoms with Gasteiger partial charge in [-0.15, -0.1) is 11.3 Å². The Kier molecular flexibility index (Phi) is 9.87. The number of ether oxygens (including phenoxy) is 1. The van der Waals surface area contributed by atoms with E-state index in [1.165, 1.54) is 11.0 Å². The topological polar surface area (TPSA) is 109 Å². The van der Waals surface area contributed by atoms with Gasteiger partial charge in [-0.3, -0.25) is 9.69 Å². The number of likely N-dealkylation sites (N-methyl/N-ethyl adjacent to an activating group) is 1. The van der Waals surface area contributed by atoms with Crippen LogP contribution in [0.25, 0.3) is 0 Å². The monoisotopic (exact) mass is 738 g/mol. The van der Waals surface area contributed by atoms with Crippen LogP contribution < -0.4 is 5.32 Å². The van der Waals surface area contributed by atoms with Gasteiger partial charge in [-0.25, -0.2) is 9.59 Å². The number of benzene rings is 1. The highest BCUT2D eigenvalue weighted by molar-refractivity contribution is 7.08. The third-order valence-corrected chi connectivity index (χ3v) is 12.3. The fourth-order valence-corrected chi connectivity index (χ4v) is 9.47. The smallest absolute Gasteiger partial charge is 0.420 e. The predicted molar refractivity (Wildman–Crippen MR) is 182 cm³/mol. The van der Waals surface area contributed by atoms with Gasteiger partial charge in [0.2, 0.25) is 0 Å². The van der Waals surface area contributed by atoms with Crippen LogP contribution in [0.2, 0.25) is 5.02 Å². The van der Waals surface area contributed by atoms with Crippen molar-refractivity contribution < 1.29 is 37.4 Å².